The van der Waals surface area contributed by atoms with Crippen molar-refractivity contribution in [2.24, 2.45) is 11.8 Å². The summed E-state index contributed by atoms with van der Waals surface area (Å²) < 4.78 is 5.38. The van der Waals surface area contributed by atoms with Gasteiger partial charge in [-0.2, -0.15) is 0 Å². The lowest BCUT2D eigenvalue weighted by atomic mass is 10.0. The molecule has 0 spiro atoms. The largest absolute Gasteiger partial charge is 0.381 e. The molecule has 1 aliphatic rings. The van der Waals surface area contributed by atoms with Crippen LogP contribution in [0.2, 0.25) is 0 Å². The van der Waals surface area contributed by atoms with Crippen LogP contribution >= 0.6 is 0 Å². The third-order valence-electron chi connectivity index (χ3n) is 3.47. The summed E-state index contributed by atoms with van der Waals surface area (Å²) in [5.41, 5.74) is 3.67. The smallest absolute Gasteiger partial charge is 0.148 e. The Morgan fingerprint density at radius 3 is 2.84 bits per heavy atom. The van der Waals surface area contributed by atoms with Crippen molar-refractivity contribution in [2.75, 3.05) is 30.5 Å². The van der Waals surface area contributed by atoms with Crippen molar-refractivity contribution < 1.29 is 4.74 Å². The predicted molar refractivity (Wildman–Crippen MR) is 76.0 cm³/mol. The van der Waals surface area contributed by atoms with E-state index in [1.165, 1.54) is 6.33 Å². The van der Waals surface area contributed by atoms with Crippen LogP contribution in [0.15, 0.2) is 6.33 Å². The zero-order valence-electron chi connectivity index (χ0n) is 11.6. The highest BCUT2D eigenvalue weighted by Crippen LogP contribution is 2.27. The lowest BCUT2D eigenvalue weighted by Crippen LogP contribution is -2.16. The minimum absolute atomic E-state index is 0.310. The van der Waals surface area contributed by atoms with Gasteiger partial charge in [0, 0.05) is 25.3 Å². The minimum atomic E-state index is 0.310. The van der Waals surface area contributed by atoms with Gasteiger partial charge in [0.15, 0.2) is 0 Å². The molecule has 1 unspecified atom stereocenters. The molecule has 0 bridgehead atoms. The number of ether oxygens (including phenoxy) is 1. The monoisotopic (exact) mass is 265 g/mol. The number of anilines is 2. The molecular formula is C13H23N5O. The maximum atomic E-state index is 5.50. The molecule has 0 radical (unpaired) electrons. The van der Waals surface area contributed by atoms with Crippen molar-refractivity contribution >= 4 is 11.6 Å². The number of nitrogens with zero attached hydrogens (tertiary/aromatic N) is 2. The molecule has 1 aliphatic heterocycles. The van der Waals surface area contributed by atoms with Crippen molar-refractivity contribution in [3.8, 4) is 0 Å². The molecule has 1 saturated heterocycles. The second-order valence-electron chi connectivity index (χ2n) is 5.23. The summed E-state index contributed by atoms with van der Waals surface area (Å²) in [7, 11) is 0. The zero-order chi connectivity index (χ0) is 13.7. The van der Waals surface area contributed by atoms with Gasteiger partial charge in [-0.1, -0.05) is 13.8 Å². The van der Waals surface area contributed by atoms with Crippen LogP contribution in [0.25, 0.3) is 0 Å². The van der Waals surface area contributed by atoms with Crippen LogP contribution in [0.1, 0.15) is 38.2 Å². The number of nitrogens with two attached hydrogens (primary N) is 1. The van der Waals surface area contributed by atoms with E-state index < -0.39 is 0 Å². The fraction of sp³-hybridized carbons (Fsp3) is 0.692. The van der Waals surface area contributed by atoms with E-state index in [1.807, 2.05) is 0 Å². The minimum Gasteiger partial charge on any atom is -0.381 e. The molecule has 0 saturated carbocycles. The summed E-state index contributed by atoms with van der Waals surface area (Å²) in [6.07, 6.45) is 3.80. The lowest BCUT2D eigenvalue weighted by molar-refractivity contribution is 0.185. The Morgan fingerprint density at radius 1 is 1.42 bits per heavy atom. The fourth-order valence-corrected chi connectivity index (χ4v) is 2.40. The summed E-state index contributed by atoms with van der Waals surface area (Å²) in [5, 5.41) is 3.39. The molecule has 0 aliphatic carbocycles. The topological polar surface area (TPSA) is 85.1 Å². The summed E-state index contributed by atoms with van der Waals surface area (Å²) in [6, 6.07) is 0. The van der Waals surface area contributed by atoms with Gasteiger partial charge in [-0.05, 0) is 24.7 Å². The summed E-state index contributed by atoms with van der Waals surface area (Å²) in [4.78, 5) is 8.48. The quantitative estimate of drug-likeness (QED) is 0.536. The maximum Gasteiger partial charge on any atom is 0.148 e. The molecule has 1 fully saturated rings. The average molecular weight is 265 g/mol. The van der Waals surface area contributed by atoms with Gasteiger partial charge >= 0.3 is 0 Å². The molecule has 0 aromatic carbocycles. The van der Waals surface area contributed by atoms with E-state index in [4.69, 9.17) is 10.6 Å². The maximum absolute atomic E-state index is 5.50. The molecule has 0 amide bonds. The van der Waals surface area contributed by atoms with Gasteiger partial charge in [0.1, 0.15) is 18.0 Å². The number of hydrazine groups is 1. The lowest BCUT2D eigenvalue weighted by Gasteiger charge is -2.17. The number of nitrogen functional groups attached to an aromatic ring is 1. The zero-order valence-corrected chi connectivity index (χ0v) is 11.6. The van der Waals surface area contributed by atoms with Gasteiger partial charge in [-0.15, -0.1) is 0 Å². The normalized spacial score (nSPS) is 18.8. The Labute approximate surface area is 114 Å². The molecule has 1 aromatic rings. The van der Waals surface area contributed by atoms with E-state index in [9.17, 15) is 0 Å². The molecule has 1 aromatic heterocycles. The number of hydrogen-bond donors (Lipinski definition) is 3. The number of hydrogen-bond acceptors (Lipinski definition) is 6. The third-order valence-corrected chi connectivity index (χ3v) is 3.47. The highest BCUT2D eigenvalue weighted by Gasteiger charge is 2.17. The Bertz CT molecular complexity index is 404. The molecule has 19 heavy (non-hydrogen) atoms. The number of rotatable bonds is 6. The first kappa shape index (κ1) is 14.0. The second kappa shape index (κ2) is 6.68. The van der Waals surface area contributed by atoms with E-state index >= 15 is 0 Å². The molecule has 2 heterocycles. The van der Waals surface area contributed by atoms with Crippen molar-refractivity contribution in [3.63, 3.8) is 0 Å². The van der Waals surface area contributed by atoms with Crippen LogP contribution in [0.3, 0.4) is 0 Å². The molecule has 2 rings (SSSR count). The van der Waals surface area contributed by atoms with E-state index in [0.29, 0.717) is 17.7 Å². The van der Waals surface area contributed by atoms with Crippen LogP contribution in [-0.2, 0) is 4.74 Å². The van der Waals surface area contributed by atoms with Gasteiger partial charge < -0.3 is 15.5 Å². The Hall–Kier alpha value is -1.40. The van der Waals surface area contributed by atoms with Gasteiger partial charge in [-0.25, -0.2) is 15.8 Å². The van der Waals surface area contributed by atoms with Crippen molar-refractivity contribution in [1.29, 1.82) is 0 Å². The number of nitrogens with one attached hydrogen (secondary N) is 2. The van der Waals surface area contributed by atoms with Gasteiger partial charge in [0.2, 0.25) is 0 Å². The van der Waals surface area contributed by atoms with Crippen molar-refractivity contribution in [3.05, 3.63) is 11.9 Å². The Morgan fingerprint density at radius 2 is 2.21 bits per heavy atom. The predicted octanol–water partition coefficient (Wildman–Crippen LogP) is 1.72. The molecule has 4 N–H and O–H groups in total. The molecule has 1 atom stereocenters. The van der Waals surface area contributed by atoms with Crippen LogP contribution in [0.5, 0.6) is 0 Å². The van der Waals surface area contributed by atoms with Crippen LogP contribution in [-0.4, -0.2) is 29.7 Å². The Balaban J connectivity index is 1.98. The van der Waals surface area contributed by atoms with Crippen molar-refractivity contribution in [2.45, 2.75) is 32.6 Å². The van der Waals surface area contributed by atoms with Gasteiger partial charge in [0.05, 0.1) is 0 Å². The highest BCUT2D eigenvalue weighted by molar-refractivity contribution is 5.58. The summed E-state index contributed by atoms with van der Waals surface area (Å²) >= 11 is 0. The Kier molecular flexibility index (Phi) is 4.93. The highest BCUT2D eigenvalue weighted by atomic mass is 16.5. The van der Waals surface area contributed by atoms with Gasteiger partial charge in [-0.3, -0.25) is 0 Å². The van der Waals surface area contributed by atoms with Gasteiger partial charge in [0.25, 0.3) is 0 Å². The molecule has 6 heteroatoms. The first-order valence-electron chi connectivity index (χ1n) is 6.85. The molecule has 6 nitrogen and oxygen atoms in total. The summed E-state index contributed by atoms with van der Waals surface area (Å²) in [5.74, 6) is 8.04. The van der Waals surface area contributed by atoms with E-state index in [1.54, 1.807) is 0 Å². The molecular weight excluding hydrogens is 242 g/mol. The first-order chi connectivity index (χ1) is 9.22. The van der Waals surface area contributed by atoms with Crippen molar-refractivity contribution in [1.82, 2.24) is 9.97 Å². The van der Waals surface area contributed by atoms with E-state index in [2.05, 4.69) is 34.6 Å². The van der Waals surface area contributed by atoms with E-state index in [0.717, 1.165) is 44.0 Å². The third kappa shape index (κ3) is 3.54. The van der Waals surface area contributed by atoms with E-state index in [-0.39, 0.29) is 0 Å². The molecule has 106 valence electrons. The van der Waals surface area contributed by atoms with Crippen LogP contribution in [0.4, 0.5) is 11.6 Å². The fourth-order valence-electron chi connectivity index (χ4n) is 2.40. The average Bonchev–Trinajstić information content (AvgIpc) is 2.91. The summed E-state index contributed by atoms with van der Waals surface area (Å²) in [6.45, 7) is 6.90. The van der Waals surface area contributed by atoms with Crippen LogP contribution in [0, 0.1) is 5.92 Å². The number of aromatic nitrogens is 2. The van der Waals surface area contributed by atoms with Crippen LogP contribution < -0.4 is 16.6 Å². The SMILES string of the molecule is CC(C)c1c(NN)ncnc1NCCC1CCOC1. The first-order valence-corrected chi connectivity index (χ1v) is 6.85. The standard InChI is InChI=1S/C13H23N5O/c1-9(2)11-12(16-8-17-13(11)18-14)15-5-3-10-4-6-19-7-10/h8-10H,3-7,14H2,1-2H3,(H2,15,16,17,18). The second-order valence-corrected chi connectivity index (χ2v) is 5.23.